The Bertz CT molecular complexity index is 1580. The fraction of sp³-hybridized carbons (Fsp3) is 0.172. The van der Waals surface area contributed by atoms with Crippen molar-refractivity contribution in [2.75, 3.05) is 6.61 Å². The molecule has 2 aliphatic rings. The summed E-state index contributed by atoms with van der Waals surface area (Å²) in [5.41, 5.74) is 6.35. The first-order valence-corrected chi connectivity index (χ1v) is 11.6. The van der Waals surface area contributed by atoms with E-state index in [2.05, 4.69) is 34.3 Å². The first kappa shape index (κ1) is 20.5. The van der Waals surface area contributed by atoms with Crippen molar-refractivity contribution in [3.8, 4) is 11.1 Å². The first-order chi connectivity index (χ1) is 16.7. The summed E-state index contributed by atoms with van der Waals surface area (Å²) in [6.07, 6.45) is 11.9. The minimum atomic E-state index is -0.451. The van der Waals surface area contributed by atoms with Crippen LogP contribution in [0.1, 0.15) is 52.6 Å². The molecule has 0 aliphatic heterocycles. The topological polar surface area (TPSA) is 69.2 Å². The van der Waals surface area contributed by atoms with E-state index in [9.17, 15) is 9.59 Å². The molecule has 6 rings (SSSR count). The molecule has 0 bridgehead atoms. The number of Topliss-reactive ketones (excluding diaryl/α,β-unsaturated/α-hetero) is 1. The third-order valence-corrected chi connectivity index (χ3v) is 6.73. The molecule has 166 valence electrons. The van der Waals surface area contributed by atoms with E-state index >= 15 is 0 Å². The van der Waals surface area contributed by atoms with Gasteiger partial charge in [0, 0.05) is 46.9 Å². The van der Waals surface area contributed by atoms with Gasteiger partial charge in [0.15, 0.2) is 11.5 Å². The van der Waals surface area contributed by atoms with Crippen molar-refractivity contribution >= 4 is 38.9 Å². The summed E-state index contributed by atoms with van der Waals surface area (Å²) in [4.78, 5) is 34.5. The molecule has 0 saturated carbocycles. The highest BCUT2D eigenvalue weighted by atomic mass is 16.5. The maximum atomic E-state index is 13.3. The summed E-state index contributed by atoms with van der Waals surface area (Å²) in [5, 5.41) is 3.43. The van der Waals surface area contributed by atoms with E-state index in [4.69, 9.17) is 4.74 Å². The SMILES string of the molecule is CCOC(=O)c1ncc(-c2cccc3c4c(ccc23)C2=C(CCC=C2)CC4=O)c2cnccc12. The van der Waals surface area contributed by atoms with Gasteiger partial charge in [-0.25, -0.2) is 9.78 Å². The average molecular weight is 447 g/mol. The predicted octanol–water partition coefficient (Wildman–Crippen LogP) is 6.32. The van der Waals surface area contributed by atoms with Crippen molar-refractivity contribution in [1.29, 1.82) is 0 Å². The number of benzene rings is 2. The molecule has 0 N–H and O–H groups in total. The van der Waals surface area contributed by atoms with E-state index in [1.807, 2.05) is 18.2 Å². The molecule has 2 aromatic carbocycles. The normalized spacial score (nSPS) is 14.9. The van der Waals surface area contributed by atoms with Gasteiger partial charge in [-0.1, -0.05) is 48.1 Å². The van der Waals surface area contributed by atoms with Crippen LogP contribution in [-0.4, -0.2) is 28.3 Å². The van der Waals surface area contributed by atoms with Crippen LogP contribution in [0.5, 0.6) is 0 Å². The summed E-state index contributed by atoms with van der Waals surface area (Å²) >= 11 is 0. The number of carbonyl (C=O) groups is 2. The van der Waals surface area contributed by atoms with Crippen LogP contribution >= 0.6 is 0 Å². The number of hydrogen-bond donors (Lipinski definition) is 0. The van der Waals surface area contributed by atoms with Crippen LogP contribution in [0.2, 0.25) is 0 Å². The molecule has 0 fully saturated rings. The third kappa shape index (κ3) is 3.08. The van der Waals surface area contributed by atoms with E-state index in [1.54, 1.807) is 31.6 Å². The van der Waals surface area contributed by atoms with Gasteiger partial charge in [-0.3, -0.25) is 9.78 Å². The van der Waals surface area contributed by atoms with Crippen molar-refractivity contribution in [3.05, 3.63) is 89.5 Å². The standard InChI is InChI=1S/C29H22N2O3/c1-2-34-29(33)28-23-12-13-30-15-24(23)25(16-31-28)19-8-5-9-21-20(19)10-11-22-18-7-4-3-6-17(18)14-26(32)27(21)22/h4-5,7-13,15-16H,2-3,6,14H2,1H3. The molecule has 4 aromatic rings. The number of ketones is 1. The van der Waals surface area contributed by atoms with Gasteiger partial charge in [-0.2, -0.15) is 0 Å². The quantitative estimate of drug-likeness (QED) is 0.345. The Kier molecular flexibility index (Phi) is 4.84. The molecule has 0 amide bonds. The van der Waals surface area contributed by atoms with Crippen LogP contribution < -0.4 is 0 Å². The Labute approximate surface area is 196 Å². The monoisotopic (exact) mass is 446 g/mol. The highest BCUT2D eigenvalue weighted by Gasteiger charge is 2.27. The van der Waals surface area contributed by atoms with Gasteiger partial charge in [0.1, 0.15) is 0 Å². The molecule has 2 heterocycles. The molecule has 0 atom stereocenters. The zero-order valence-corrected chi connectivity index (χ0v) is 18.8. The zero-order chi connectivity index (χ0) is 23.2. The van der Waals surface area contributed by atoms with Crippen LogP contribution in [0.4, 0.5) is 0 Å². The van der Waals surface area contributed by atoms with Crippen LogP contribution in [0.25, 0.3) is 38.2 Å². The molecular formula is C29H22N2O3. The summed E-state index contributed by atoms with van der Waals surface area (Å²) < 4.78 is 5.20. The van der Waals surface area contributed by atoms with Crippen molar-refractivity contribution < 1.29 is 14.3 Å². The van der Waals surface area contributed by atoms with Gasteiger partial charge in [0.2, 0.25) is 0 Å². The van der Waals surface area contributed by atoms with E-state index in [-0.39, 0.29) is 18.1 Å². The van der Waals surface area contributed by atoms with E-state index in [0.29, 0.717) is 11.8 Å². The second kappa shape index (κ2) is 8.03. The number of rotatable bonds is 3. The molecule has 0 saturated heterocycles. The average Bonchev–Trinajstić information content (AvgIpc) is 2.87. The molecule has 0 radical (unpaired) electrons. The van der Waals surface area contributed by atoms with Gasteiger partial charge >= 0.3 is 5.97 Å². The number of pyridine rings is 2. The number of nitrogens with zero attached hydrogens (tertiary/aromatic N) is 2. The number of esters is 1. The lowest BCUT2D eigenvalue weighted by molar-refractivity contribution is 0.0522. The summed E-state index contributed by atoms with van der Waals surface area (Å²) in [5.74, 6) is -0.276. The van der Waals surface area contributed by atoms with Crippen LogP contribution in [0, 0.1) is 0 Å². The minimum Gasteiger partial charge on any atom is -0.461 e. The van der Waals surface area contributed by atoms with Crippen molar-refractivity contribution in [3.63, 3.8) is 0 Å². The molecule has 0 unspecified atom stereocenters. The van der Waals surface area contributed by atoms with Crippen LogP contribution in [0.3, 0.4) is 0 Å². The maximum absolute atomic E-state index is 13.3. The molecule has 5 heteroatoms. The number of ether oxygens (including phenoxy) is 1. The Balaban J connectivity index is 1.59. The third-order valence-electron chi connectivity index (χ3n) is 6.73. The van der Waals surface area contributed by atoms with Gasteiger partial charge in [-0.15, -0.1) is 0 Å². The predicted molar refractivity (Wildman–Crippen MR) is 133 cm³/mol. The number of carbonyl (C=O) groups excluding carboxylic acids is 2. The fourth-order valence-electron chi connectivity index (χ4n) is 5.24. The summed E-state index contributed by atoms with van der Waals surface area (Å²) in [7, 11) is 0. The lowest BCUT2D eigenvalue weighted by atomic mass is 9.78. The molecule has 2 aliphatic carbocycles. The number of aromatic nitrogens is 2. The minimum absolute atomic E-state index is 0.175. The Morgan fingerprint density at radius 1 is 0.971 bits per heavy atom. The molecule has 0 spiro atoms. The number of allylic oxidation sites excluding steroid dienone is 4. The molecular weight excluding hydrogens is 424 g/mol. The molecule has 5 nitrogen and oxygen atoms in total. The fourth-order valence-corrected chi connectivity index (χ4v) is 5.24. The molecule has 34 heavy (non-hydrogen) atoms. The van der Waals surface area contributed by atoms with Gasteiger partial charge in [0.25, 0.3) is 0 Å². The van der Waals surface area contributed by atoms with Crippen molar-refractivity contribution in [1.82, 2.24) is 9.97 Å². The van der Waals surface area contributed by atoms with E-state index < -0.39 is 5.97 Å². The smallest absolute Gasteiger partial charge is 0.357 e. The molecule has 2 aromatic heterocycles. The highest BCUT2D eigenvalue weighted by Crippen LogP contribution is 2.42. The van der Waals surface area contributed by atoms with Crippen LogP contribution in [0.15, 0.2) is 72.7 Å². The van der Waals surface area contributed by atoms with Crippen LogP contribution in [-0.2, 0) is 4.74 Å². The second-order valence-electron chi connectivity index (χ2n) is 8.61. The van der Waals surface area contributed by atoms with Crippen molar-refractivity contribution in [2.45, 2.75) is 26.2 Å². The van der Waals surface area contributed by atoms with Gasteiger partial charge in [-0.05, 0) is 53.3 Å². The Morgan fingerprint density at radius 3 is 2.76 bits per heavy atom. The van der Waals surface area contributed by atoms with Gasteiger partial charge < -0.3 is 4.74 Å². The lowest BCUT2D eigenvalue weighted by Crippen LogP contribution is -2.14. The first-order valence-electron chi connectivity index (χ1n) is 11.6. The van der Waals surface area contributed by atoms with Crippen molar-refractivity contribution in [2.24, 2.45) is 0 Å². The summed E-state index contributed by atoms with van der Waals surface area (Å²) in [6, 6.07) is 12.0. The lowest BCUT2D eigenvalue weighted by Gasteiger charge is -2.25. The largest absolute Gasteiger partial charge is 0.461 e. The second-order valence-corrected chi connectivity index (χ2v) is 8.61. The van der Waals surface area contributed by atoms with E-state index in [0.717, 1.165) is 51.3 Å². The zero-order valence-electron chi connectivity index (χ0n) is 18.8. The maximum Gasteiger partial charge on any atom is 0.357 e. The number of hydrogen-bond acceptors (Lipinski definition) is 5. The van der Waals surface area contributed by atoms with E-state index in [1.165, 1.54) is 11.1 Å². The highest BCUT2D eigenvalue weighted by molar-refractivity contribution is 6.19. The Morgan fingerprint density at radius 2 is 1.88 bits per heavy atom. The number of fused-ring (bicyclic) bond motifs is 5. The summed E-state index contributed by atoms with van der Waals surface area (Å²) in [6.45, 7) is 2.06. The Hall–Kier alpha value is -4.12. The van der Waals surface area contributed by atoms with Gasteiger partial charge in [0.05, 0.1) is 6.61 Å².